The lowest BCUT2D eigenvalue weighted by Gasteiger charge is -1.99. The molecule has 2 heterocycles. The molecule has 3 aromatic rings. The third kappa shape index (κ3) is 1.98. The molecule has 0 bridgehead atoms. The van der Waals surface area contributed by atoms with Gasteiger partial charge in [0.2, 0.25) is 5.65 Å². The summed E-state index contributed by atoms with van der Waals surface area (Å²) >= 11 is 3.49. The van der Waals surface area contributed by atoms with Crippen LogP contribution in [-0.4, -0.2) is 21.5 Å². The standard InChI is InChI=1S/C13H9BrFN3O/c1-19-13-12-17-10(8-2-4-9(15)5-3-8)11(14)18(12)7-6-16-13/h2-7H,1H3. The van der Waals surface area contributed by atoms with E-state index in [2.05, 4.69) is 25.9 Å². The van der Waals surface area contributed by atoms with E-state index in [0.29, 0.717) is 17.2 Å². The minimum absolute atomic E-state index is 0.275. The molecule has 0 aliphatic carbocycles. The van der Waals surface area contributed by atoms with Crippen molar-refractivity contribution in [1.29, 1.82) is 0 Å². The van der Waals surface area contributed by atoms with Gasteiger partial charge >= 0.3 is 0 Å². The van der Waals surface area contributed by atoms with Gasteiger partial charge in [-0.1, -0.05) is 0 Å². The fraction of sp³-hybridized carbons (Fsp3) is 0.0769. The van der Waals surface area contributed by atoms with Crippen LogP contribution in [0.1, 0.15) is 0 Å². The summed E-state index contributed by atoms with van der Waals surface area (Å²) in [6.07, 6.45) is 3.41. The Balaban J connectivity index is 2.25. The van der Waals surface area contributed by atoms with Gasteiger partial charge < -0.3 is 4.74 Å². The zero-order chi connectivity index (χ0) is 13.4. The molecule has 0 saturated carbocycles. The molecule has 3 rings (SSSR count). The van der Waals surface area contributed by atoms with Gasteiger partial charge in [0.05, 0.1) is 7.11 Å². The molecule has 19 heavy (non-hydrogen) atoms. The average molecular weight is 322 g/mol. The number of rotatable bonds is 2. The van der Waals surface area contributed by atoms with Crippen LogP contribution in [0.4, 0.5) is 4.39 Å². The second-order valence-electron chi connectivity index (χ2n) is 3.89. The second kappa shape index (κ2) is 4.62. The van der Waals surface area contributed by atoms with Crippen molar-refractivity contribution in [3.63, 3.8) is 0 Å². The first-order valence-electron chi connectivity index (χ1n) is 5.53. The first-order chi connectivity index (χ1) is 9.20. The fourth-order valence-electron chi connectivity index (χ4n) is 1.86. The number of nitrogens with zero attached hydrogens (tertiary/aromatic N) is 3. The molecule has 0 saturated heterocycles. The fourth-order valence-corrected chi connectivity index (χ4v) is 2.46. The number of halogens is 2. The molecular formula is C13H9BrFN3O. The van der Waals surface area contributed by atoms with E-state index in [1.165, 1.54) is 12.1 Å². The summed E-state index contributed by atoms with van der Waals surface area (Å²) in [5.41, 5.74) is 2.14. The molecule has 96 valence electrons. The Morgan fingerprint density at radius 3 is 2.68 bits per heavy atom. The van der Waals surface area contributed by atoms with Crippen molar-refractivity contribution < 1.29 is 9.13 Å². The molecule has 0 amide bonds. The van der Waals surface area contributed by atoms with Crippen LogP contribution in [0.3, 0.4) is 0 Å². The predicted octanol–water partition coefficient (Wildman–Crippen LogP) is 3.31. The Bertz CT molecular complexity index is 739. The number of fused-ring (bicyclic) bond motifs is 1. The van der Waals surface area contributed by atoms with Gasteiger partial charge in [-0.15, -0.1) is 0 Å². The first-order valence-corrected chi connectivity index (χ1v) is 6.32. The number of imidazole rings is 1. The number of ether oxygens (including phenoxy) is 1. The van der Waals surface area contributed by atoms with Crippen molar-refractivity contribution in [2.45, 2.75) is 0 Å². The first kappa shape index (κ1) is 12.1. The molecule has 6 heteroatoms. The third-order valence-electron chi connectivity index (χ3n) is 2.76. The quantitative estimate of drug-likeness (QED) is 0.727. The highest BCUT2D eigenvalue weighted by Crippen LogP contribution is 2.31. The van der Waals surface area contributed by atoms with Gasteiger partial charge in [-0.05, 0) is 40.2 Å². The molecule has 1 aromatic carbocycles. The Kier molecular flexibility index (Phi) is 2.94. The molecule has 0 N–H and O–H groups in total. The van der Waals surface area contributed by atoms with E-state index in [0.717, 1.165) is 10.2 Å². The SMILES string of the molecule is COc1nccn2c(Br)c(-c3ccc(F)cc3)nc12. The lowest BCUT2D eigenvalue weighted by molar-refractivity contribution is 0.400. The van der Waals surface area contributed by atoms with Crippen molar-refractivity contribution in [1.82, 2.24) is 14.4 Å². The zero-order valence-electron chi connectivity index (χ0n) is 9.97. The molecule has 0 spiro atoms. The second-order valence-corrected chi connectivity index (χ2v) is 4.64. The summed E-state index contributed by atoms with van der Waals surface area (Å²) in [4.78, 5) is 8.59. The van der Waals surface area contributed by atoms with E-state index in [1.807, 2.05) is 4.40 Å². The van der Waals surface area contributed by atoms with Crippen LogP contribution in [0, 0.1) is 5.82 Å². The number of hydrogen-bond acceptors (Lipinski definition) is 3. The Morgan fingerprint density at radius 2 is 2.00 bits per heavy atom. The van der Waals surface area contributed by atoms with E-state index in [-0.39, 0.29) is 5.82 Å². The van der Waals surface area contributed by atoms with Crippen LogP contribution < -0.4 is 4.74 Å². The average Bonchev–Trinajstić information content (AvgIpc) is 2.77. The predicted molar refractivity (Wildman–Crippen MR) is 72.6 cm³/mol. The smallest absolute Gasteiger partial charge is 0.258 e. The maximum absolute atomic E-state index is 13.0. The molecule has 0 fully saturated rings. The number of hydrogen-bond donors (Lipinski definition) is 0. The van der Waals surface area contributed by atoms with Gasteiger partial charge in [-0.2, -0.15) is 0 Å². The van der Waals surface area contributed by atoms with Crippen molar-refractivity contribution in [2.75, 3.05) is 7.11 Å². The lowest BCUT2D eigenvalue weighted by atomic mass is 10.2. The molecule has 0 aliphatic heterocycles. The maximum Gasteiger partial charge on any atom is 0.258 e. The monoisotopic (exact) mass is 321 g/mol. The van der Waals surface area contributed by atoms with E-state index in [1.54, 1.807) is 31.6 Å². The summed E-state index contributed by atoms with van der Waals surface area (Å²) in [6.45, 7) is 0. The molecule has 0 atom stereocenters. The minimum atomic E-state index is -0.275. The maximum atomic E-state index is 13.0. The normalized spacial score (nSPS) is 10.9. The summed E-state index contributed by atoms with van der Waals surface area (Å²) in [6, 6.07) is 6.17. The zero-order valence-corrected chi connectivity index (χ0v) is 11.6. The van der Waals surface area contributed by atoms with Gasteiger partial charge in [0.25, 0.3) is 5.88 Å². The molecule has 2 aromatic heterocycles. The van der Waals surface area contributed by atoms with Crippen molar-refractivity contribution >= 4 is 21.6 Å². The summed E-state index contributed by atoms with van der Waals surface area (Å²) in [7, 11) is 1.54. The van der Waals surface area contributed by atoms with Gasteiger partial charge in [-0.3, -0.25) is 4.40 Å². The molecular weight excluding hydrogens is 313 g/mol. The van der Waals surface area contributed by atoms with Crippen LogP contribution in [0.15, 0.2) is 41.3 Å². The molecule has 0 radical (unpaired) electrons. The summed E-state index contributed by atoms with van der Waals surface area (Å²) in [5, 5.41) is 0. The third-order valence-corrected chi connectivity index (χ3v) is 3.52. The lowest BCUT2D eigenvalue weighted by Crippen LogP contribution is -1.93. The van der Waals surface area contributed by atoms with E-state index in [9.17, 15) is 4.39 Å². The topological polar surface area (TPSA) is 39.4 Å². The number of benzene rings is 1. The van der Waals surface area contributed by atoms with Gasteiger partial charge in [0.15, 0.2) is 0 Å². The molecule has 0 unspecified atom stereocenters. The van der Waals surface area contributed by atoms with E-state index >= 15 is 0 Å². The Hall–Kier alpha value is -1.95. The van der Waals surface area contributed by atoms with Crippen LogP contribution in [-0.2, 0) is 0 Å². The minimum Gasteiger partial charge on any atom is -0.478 e. The van der Waals surface area contributed by atoms with Gasteiger partial charge in [0.1, 0.15) is 16.1 Å². The Morgan fingerprint density at radius 1 is 1.26 bits per heavy atom. The van der Waals surface area contributed by atoms with Crippen LogP contribution in [0.5, 0.6) is 5.88 Å². The van der Waals surface area contributed by atoms with Crippen molar-refractivity contribution in [2.24, 2.45) is 0 Å². The van der Waals surface area contributed by atoms with Crippen LogP contribution >= 0.6 is 15.9 Å². The highest BCUT2D eigenvalue weighted by Gasteiger charge is 2.15. The summed E-state index contributed by atoms with van der Waals surface area (Å²) < 4.78 is 20.7. The van der Waals surface area contributed by atoms with Crippen LogP contribution in [0.25, 0.3) is 16.9 Å². The van der Waals surface area contributed by atoms with Crippen LogP contribution in [0.2, 0.25) is 0 Å². The number of aromatic nitrogens is 3. The molecule has 4 nitrogen and oxygen atoms in total. The van der Waals surface area contributed by atoms with E-state index < -0.39 is 0 Å². The highest BCUT2D eigenvalue weighted by atomic mass is 79.9. The Labute approximate surface area is 117 Å². The largest absolute Gasteiger partial charge is 0.478 e. The number of methoxy groups -OCH3 is 1. The van der Waals surface area contributed by atoms with Gasteiger partial charge in [-0.25, -0.2) is 14.4 Å². The summed E-state index contributed by atoms with van der Waals surface area (Å²) in [5.74, 6) is 0.166. The van der Waals surface area contributed by atoms with Crippen molar-refractivity contribution in [3.05, 3.63) is 47.1 Å². The highest BCUT2D eigenvalue weighted by molar-refractivity contribution is 9.10. The van der Waals surface area contributed by atoms with E-state index in [4.69, 9.17) is 4.74 Å². The van der Waals surface area contributed by atoms with Gasteiger partial charge in [0, 0.05) is 18.0 Å². The van der Waals surface area contributed by atoms with Crippen molar-refractivity contribution in [3.8, 4) is 17.1 Å². The molecule has 0 aliphatic rings.